The van der Waals surface area contributed by atoms with E-state index in [9.17, 15) is 0 Å². The molecule has 5 nitrogen and oxygen atoms in total. The smallest absolute Gasteiger partial charge is 0.193 e. The van der Waals surface area contributed by atoms with Gasteiger partial charge in [0, 0.05) is 49.9 Å². The summed E-state index contributed by atoms with van der Waals surface area (Å²) >= 11 is 9.40. The first-order valence-electron chi connectivity index (χ1n) is 9.08. The van der Waals surface area contributed by atoms with E-state index in [0.717, 1.165) is 55.1 Å². The standard InChI is InChI=1S/C18H26ClN5S2.HI/c1-3-20-17(23(2)12-15-6-7-16(19)26-15)21-9-8-14-13-25-18(22-14)24-10-4-5-11-24;/h6-7,13H,3-5,8-12H2,1-2H3,(H,20,21);1H. The zero-order valence-corrected chi connectivity index (χ0v) is 20.5. The maximum atomic E-state index is 6.03. The van der Waals surface area contributed by atoms with Gasteiger partial charge in [-0.15, -0.1) is 46.7 Å². The molecule has 3 heterocycles. The van der Waals surface area contributed by atoms with E-state index >= 15 is 0 Å². The van der Waals surface area contributed by atoms with Crippen LogP contribution in [-0.4, -0.2) is 49.1 Å². The average molecular weight is 540 g/mol. The minimum absolute atomic E-state index is 0. The minimum Gasteiger partial charge on any atom is -0.357 e. The van der Waals surface area contributed by atoms with Crippen LogP contribution in [0.2, 0.25) is 4.34 Å². The predicted octanol–water partition coefficient (Wildman–Crippen LogP) is 4.72. The number of hydrogen-bond donors (Lipinski definition) is 1. The van der Waals surface area contributed by atoms with Gasteiger partial charge in [-0.3, -0.25) is 4.99 Å². The van der Waals surface area contributed by atoms with Gasteiger partial charge < -0.3 is 15.1 Å². The zero-order chi connectivity index (χ0) is 18.4. The van der Waals surface area contributed by atoms with Crippen LogP contribution in [0.3, 0.4) is 0 Å². The molecule has 1 aliphatic rings. The molecule has 1 fully saturated rings. The lowest BCUT2D eigenvalue weighted by Crippen LogP contribution is -2.38. The molecule has 0 unspecified atom stereocenters. The van der Waals surface area contributed by atoms with E-state index in [2.05, 4.69) is 40.5 Å². The van der Waals surface area contributed by atoms with Crippen LogP contribution in [-0.2, 0) is 13.0 Å². The van der Waals surface area contributed by atoms with Gasteiger partial charge in [-0.25, -0.2) is 4.98 Å². The largest absolute Gasteiger partial charge is 0.357 e. The number of guanidine groups is 1. The van der Waals surface area contributed by atoms with E-state index in [1.54, 1.807) is 22.7 Å². The van der Waals surface area contributed by atoms with Crippen LogP contribution in [0.1, 0.15) is 30.3 Å². The Morgan fingerprint density at radius 2 is 2.15 bits per heavy atom. The summed E-state index contributed by atoms with van der Waals surface area (Å²) in [6, 6.07) is 4.02. The van der Waals surface area contributed by atoms with E-state index in [1.165, 1.54) is 22.9 Å². The maximum Gasteiger partial charge on any atom is 0.193 e. The van der Waals surface area contributed by atoms with Crippen molar-refractivity contribution in [3.63, 3.8) is 0 Å². The summed E-state index contributed by atoms with van der Waals surface area (Å²) in [5, 5.41) is 6.71. The molecule has 0 atom stereocenters. The molecule has 150 valence electrons. The van der Waals surface area contributed by atoms with Gasteiger partial charge in [0.15, 0.2) is 11.1 Å². The number of aliphatic imine (C=N–C) groups is 1. The number of rotatable bonds is 7. The van der Waals surface area contributed by atoms with Gasteiger partial charge in [0.2, 0.25) is 0 Å². The van der Waals surface area contributed by atoms with Gasteiger partial charge in [0.25, 0.3) is 0 Å². The van der Waals surface area contributed by atoms with Gasteiger partial charge in [0.1, 0.15) is 0 Å². The Hall–Kier alpha value is -0.580. The summed E-state index contributed by atoms with van der Waals surface area (Å²) in [5.41, 5.74) is 1.14. The third kappa shape index (κ3) is 6.76. The van der Waals surface area contributed by atoms with Gasteiger partial charge in [-0.2, -0.15) is 0 Å². The van der Waals surface area contributed by atoms with E-state index in [0.29, 0.717) is 0 Å². The van der Waals surface area contributed by atoms with Crippen molar-refractivity contribution in [1.82, 2.24) is 15.2 Å². The number of hydrogen-bond acceptors (Lipinski definition) is 5. The Morgan fingerprint density at radius 3 is 2.81 bits per heavy atom. The molecule has 0 amide bonds. The third-order valence-corrected chi connectivity index (χ3v) is 6.43. The Kier molecular flexibility index (Phi) is 9.61. The molecule has 3 rings (SSSR count). The van der Waals surface area contributed by atoms with Crippen molar-refractivity contribution in [2.24, 2.45) is 4.99 Å². The molecule has 1 N–H and O–H groups in total. The Bertz CT molecular complexity index is 727. The van der Waals surface area contributed by atoms with E-state index in [4.69, 9.17) is 21.6 Å². The van der Waals surface area contributed by atoms with Crippen LogP contribution >= 0.6 is 58.3 Å². The third-order valence-electron chi connectivity index (χ3n) is 4.26. The molecule has 0 saturated carbocycles. The van der Waals surface area contributed by atoms with E-state index in [1.807, 2.05) is 6.07 Å². The van der Waals surface area contributed by atoms with Crippen molar-refractivity contribution >= 4 is 69.3 Å². The number of thiazole rings is 1. The second-order valence-electron chi connectivity index (χ2n) is 6.36. The normalized spacial score (nSPS) is 14.3. The second kappa shape index (κ2) is 11.4. The monoisotopic (exact) mass is 539 g/mol. The molecule has 1 saturated heterocycles. The van der Waals surface area contributed by atoms with Gasteiger partial charge in [0.05, 0.1) is 16.6 Å². The number of aromatic nitrogens is 1. The summed E-state index contributed by atoms with van der Waals surface area (Å²) in [6.07, 6.45) is 3.44. The average Bonchev–Trinajstić information content (AvgIpc) is 3.35. The fourth-order valence-electron chi connectivity index (χ4n) is 2.96. The molecule has 0 bridgehead atoms. The number of nitrogens with zero attached hydrogens (tertiary/aromatic N) is 4. The molecular weight excluding hydrogens is 513 g/mol. The molecule has 0 aliphatic carbocycles. The van der Waals surface area contributed by atoms with Crippen molar-refractivity contribution in [3.8, 4) is 0 Å². The zero-order valence-electron chi connectivity index (χ0n) is 15.8. The van der Waals surface area contributed by atoms with Crippen LogP contribution in [0.25, 0.3) is 0 Å². The molecule has 1 aliphatic heterocycles. The quantitative estimate of drug-likeness (QED) is 0.314. The number of nitrogens with one attached hydrogen (secondary N) is 1. The van der Waals surface area contributed by atoms with Gasteiger partial charge >= 0.3 is 0 Å². The van der Waals surface area contributed by atoms with Crippen LogP contribution < -0.4 is 10.2 Å². The van der Waals surface area contributed by atoms with Crippen molar-refractivity contribution in [1.29, 1.82) is 0 Å². The van der Waals surface area contributed by atoms with Crippen LogP contribution in [0.15, 0.2) is 22.5 Å². The van der Waals surface area contributed by atoms with Gasteiger partial charge in [-0.1, -0.05) is 11.6 Å². The fourth-order valence-corrected chi connectivity index (χ4v) is 5.01. The summed E-state index contributed by atoms with van der Waals surface area (Å²) in [4.78, 5) is 15.3. The minimum atomic E-state index is 0. The molecular formula is C18H27ClIN5S2. The summed E-state index contributed by atoms with van der Waals surface area (Å²) in [7, 11) is 2.06. The molecule has 0 radical (unpaired) electrons. The topological polar surface area (TPSA) is 43.8 Å². The first kappa shape index (κ1) is 22.7. The highest BCUT2D eigenvalue weighted by atomic mass is 127. The summed E-state index contributed by atoms with van der Waals surface area (Å²) in [5.74, 6) is 0.923. The van der Waals surface area contributed by atoms with Crippen molar-refractivity contribution in [3.05, 3.63) is 32.4 Å². The molecule has 2 aromatic heterocycles. The second-order valence-corrected chi connectivity index (χ2v) is 9.00. The van der Waals surface area contributed by atoms with Gasteiger partial charge in [-0.05, 0) is 31.9 Å². The molecule has 0 aromatic carbocycles. The van der Waals surface area contributed by atoms with Crippen LogP contribution in [0.5, 0.6) is 0 Å². The van der Waals surface area contributed by atoms with Crippen LogP contribution in [0.4, 0.5) is 5.13 Å². The lowest BCUT2D eigenvalue weighted by atomic mass is 10.3. The highest BCUT2D eigenvalue weighted by molar-refractivity contribution is 14.0. The van der Waals surface area contributed by atoms with Crippen molar-refractivity contribution in [2.75, 3.05) is 38.1 Å². The summed E-state index contributed by atoms with van der Waals surface area (Å²) < 4.78 is 0.827. The maximum absolute atomic E-state index is 6.03. The lowest BCUT2D eigenvalue weighted by Gasteiger charge is -2.21. The highest BCUT2D eigenvalue weighted by Gasteiger charge is 2.15. The van der Waals surface area contributed by atoms with E-state index < -0.39 is 0 Å². The van der Waals surface area contributed by atoms with E-state index in [-0.39, 0.29) is 24.0 Å². The Labute approximate surface area is 191 Å². The fraction of sp³-hybridized carbons (Fsp3) is 0.556. The molecule has 27 heavy (non-hydrogen) atoms. The van der Waals surface area contributed by atoms with Crippen molar-refractivity contribution < 1.29 is 0 Å². The summed E-state index contributed by atoms with van der Waals surface area (Å²) in [6.45, 7) is 6.78. The first-order valence-corrected chi connectivity index (χ1v) is 11.2. The molecule has 0 spiro atoms. The van der Waals surface area contributed by atoms with Crippen molar-refractivity contribution in [2.45, 2.75) is 32.7 Å². The number of halogens is 2. The number of anilines is 1. The predicted molar refractivity (Wildman–Crippen MR) is 129 cm³/mol. The lowest BCUT2D eigenvalue weighted by molar-refractivity contribution is 0.481. The molecule has 2 aromatic rings. The number of thiophene rings is 1. The molecule has 9 heteroatoms. The Balaban J connectivity index is 0.00000261. The SMILES string of the molecule is CCNC(=NCCc1csc(N2CCCC2)n1)N(C)Cc1ccc(Cl)s1.I. The highest BCUT2D eigenvalue weighted by Crippen LogP contribution is 2.24. The van der Waals surface area contributed by atoms with Crippen LogP contribution in [0, 0.1) is 0 Å². The Morgan fingerprint density at radius 1 is 1.37 bits per heavy atom. The first-order chi connectivity index (χ1) is 12.7.